The molecule has 13 heteroatoms. The Morgan fingerprint density at radius 2 is 2.02 bits per heavy atom. The number of primary amides is 1. The highest BCUT2D eigenvalue weighted by atomic mass is 32.1. The molecule has 1 unspecified atom stereocenters. The Morgan fingerprint density at radius 3 is 2.77 bits per heavy atom. The number of fused-ring (bicyclic) bond motifs is 4. The molecule has 2 amide bonds. The van der Waals surface area contributed by atoms with Crippen molar-refractivity contribution in [2.45, 2.75) is 19.4 Å². The largest absolute Gasteiger partial charge is 0.485 e. The van der Waals surface area contributed by atoms with Crippen LogP contribution in [-0.2, 0) is 6.42 Å². The van der Waals surface area contributed by atoms with Gasteiger partial charge in [0.25, 0.3) is 0 Å². The third-order valence-corrected chi connectivity index (χ3v) is 7.71. The van der Waals surface area contributed by atoms with Gasteiger partial charge in [-0.25, -0.2) is 24.1 Å². The van der Waals surface area contributed by atoms with E-state index in [-0.39, 0.29) is 30.0 Å². The quantitative estimate of drug-likeness (QED) is 0.309. The summed E-state index contributed by atoms with van der Waals surface area (Å²) in [7, 11) is 1.52. The number of nitrogens with two attached hydrogens (primary N) is 1. The maximum absolute atomic E-state index is 15.2. The molecule has 0 fully saturated rings. The van der Waals surface area contributed by atoms with E-state index in [1.165, 1.54) is 49.2 Å². The number of aryl methyl sites for hydroxylation is 1. The third kappa shape index (κ3) is 4.39. The minimum Gasteiger partial charge on any atom is -0.485 e. The molecule has 0 radical (unpaired) electrons. The van der Waals surface area contributed by atoms with Crippen LogP contribution >= 0.6 is 11.3 Å². The Balaban J connectivity index is 1.36. The smallest absolute Gasteiger partial charge is 0.411 e. The van der Waals surface area contributed by atoms with Crippen molar-refractivity contribution in [2.75, 3.05) is 18.6 Å². The van der Waals surface area contributed by atoms with E-state index in [0.29, 0.717) is 33.0 Å². The molecule has 40 heavy (non-hydrogen) atoms. The normalized spacial score (nSPS) is 14.2. The zero-order valence-corrected chi connectivity index (χ0v) is 22.0. The number of benzene rings is 2. The molecule has 3 aromatic heterocycles. The molecule has 1 aliphatic heterocycles. The number of thiazole rings is 1. The fraction of sp³-hybridized carbons (Fsp3) is 0.185. The van der Waals surface area contributed by atoms with E-state index in [2.05, 4.69) is 15.0 Å². The van der Waals surface area contributed by atoms with Gasteiger partial charge in [-0.15, -0.1) is 11.3 Å². The predicted molar refractivity (Wildman–Crippen MR) is 146 cm³/mol. The lowest BCUT2D eigenvalue weighted by molar-refractivity contribution is 0.0999. The SMILES string of the molecule is COc1cnc2c(-c3nc4cc(F)c5c(c4s3)CC(CN(C(=O)O)c3cncc(C(N)=O)c3)O5)cc(C)cc2n1. The van der Waals surface area contributed by atoms with Crippen molar-refractivity contribution in [1.82, 2.24) is 19.9 Å². The van der Waals surface area contributed by atoms with Gasteiger partial charge in [0.1, 0.15) is 11.1 Å². The number of rotatable bonds is 6. The van der Waals surface area contributed by atoms with Crippen molar-refractivity contribution in [3.05, 3.63) is 65.4 Å². The number of anilines is 1. The van der Waals surface area contributed by atoms with Crippen LogP contribution in [0.3, 0.4) is 0 Å². The van der Waals surface area contributed by atoms with Crippen molar-refractivity contribution in [1.29, 1.82) is 0 Å². The van der Waals surface area contributed by atoms with Crippen molar-refractivity contribution < 1.29 is 28.6 Å². The number of pyridine rings is 1. The number of halogens is 1. The standard InChI is InChI=1S/C27H21FN6O5S/c1-12-3-16(22-19(4-12)32-21(38-2)10-31-22)26-33-20-7-18(28)23-17(24(20)40-26)6-15(39-23)11-34(27(36)37)14-5-13(25(29)35)8-30-9-14/h3-5,7-10,15H,6,11H2,1-2H3,(H2,29,35)(H,36,37). The average Bonchev–Trinajstić information content (AvgIpc) is 3.55. The summed E-state index contributed by atoms with van der Waals surface area (Å²) >= 11 is 1.38. The molecule has 2 aromatic carbocycles. The van der Waals surface area contributed by atoms with E-state index in [4.69, 9.17) is 20.2 Å². The number of methoxy groups -OCH3 is 1. The summed E-state index contributed by atoms with van der Waals surface area (Å²) in [5.74, 6) is -0.856. The first-order chi connectivity index (χ1) is 19.2. The number of carboxylic acid groups (broad SMARTS) is 1. The van der Waals surface area contributed by atoms with Crippen LogP contribution in [-0.4, -0.2) is 56.8 Å². The molecular weight excluding hydrogens is 539 g/mol. The minimum atomic E-state index is -1.28. The van der Waals surface area contributed by atoms with Gasteiger partial charge in [-0.3, -0.25) is 14.7 Å². The Morgan fingerprint density at radius 1 is 1.20 bits per heavy atom. The first-order valence-electron chi connectivity index (χ1n) is 12.1. The van der Waals surface area contributed by atoms with E-state index in [1.807, 2.05) is 19.1 Å². The van der Waals surface area contributed by atoms with Gasteiger partial charge in [0.15, 0.2) is 11.6 Å². The van der Waals surface area contributed by atoms with Crippen LogP contribution < -0.4 is 20.1 Å². The van der Waals surface area contributed by atoms with Gasteiger partial charge in [0, 0.05) is 29.8 Å². The van der Waals surface area contributed by atoms with Crippen LogP contribution in [0.15, 0.2) is 42.9 Å². The lowest BCUT2D eigenvalue weighted by Crippen LogP contribution is -2.38. The fourth-order valence-corrected chi connectivity index (χ4v) is 5.87. The molecule has 202 valence electrons. The topological polar surface area (TPSA) is 154 Å². The molecule has 5 aromatic rings. The Labute approximate surface area is 230 Å². The van der Waals surface area contributed by atoms with Gasteiger partial charge in [-0.1, -0.05) is 0 Å². The zero-order chi connectivity index (χ0) is 28.1. The molecule has 0 bridgehead atoms. The van der Waals surface area contributed by atoms with E-state index >= 15 is 4.39 Å². The second-order valence-corrected chi connectivity index (χ2v) is 10.3. The fourth-order valence-electron chi connectivity index (χ4n) is 4.76. The number of nitrogens with zero attached hydrogens (tertiary/aromatic N) is 5. The molecular formula is C27H21FN6O5S. The Hall–Kier alpha value is -4.91. The van der Waals surface area contributed by atoms with Gasteiger partial charge in [0.2, 0.25) is 11.8 Å². The number of aromatic nitrogens is 4. The van der Waals surface area contributed by atoms with Crippen molar-refractivity contribution >= 4 is 50.3 Å². The highest BCUT2D eigenvalue weighted by molar-refractivity contribution is 7.22. The van der Waals surface area contributed by atoms with E-state index in [9.17, 15) is 14.7 Å². The Kier molecular flexibility index (Phi) is 6.14. The van der Waals surface area contributed by atoms with Crippen molar-refractivity contribution in [2.24, 2.45) is 5.73 Å². The number of carbonyl (C=O) groups excluding carboxylic acids is 1. The lowest BCUT2D eigenvalue weighted by atomic mass is 10.1. The van der Waals surface area contributed by atoms with E-state index in [0.717, 1.165) is 20.7 Å². The maximum atomic E-state index is 15.2. The molecule has 11 nitrogen and oxygen atoms in total. The number of carbonyl (C=O) groups is 2. The first kappa shape index (κ1) is 25.4. The summed E-state index contributed by atoms with van der Waals surface area (Å²) in [6, 6.07) is 6.51. The maximum Gasteiger partial charge on any atom is 0.411 e. The lowest BCUT2D eigenvalue weighted by Gasteiger charge is -2.22. The highest BCUT2D eigenvalue weighted by Gasteiger charge is 2.33. The summed E-state index contributed by atoms with van der Waals surface area (Å²) in [5.41, 5.74) is 9.61. The molecule has 4 heterocycles. The average molecular weight is 561 g/mol. The molecule has 3 N–H and O–H groups in total. The number of hydrogen-bond acceptors (Lipinski definition) is 9. The highest BCUT2D eigenvalue weighted by Crippen LogP contribution is 2.43. The number of amides is 2. The van der Waals surface area contributed by atoms with Gasteiger partial charge in [-0.05, 0) is 30.7 Å². The van der Waals surface area contributed by atoms with E-state index in [1.54, 1.807) is 0 Å². The van der Waals surface area contributed by atoms with Crippen LogP contribution in [0.2, 0.25) is 0 Å². The molecule has 1 aliphatic rings. The number of ether oxygens (including phenoxy) is 2. The predicted octanol–water partition coefficient (Wildman–Crippen LogP) is 4.34. The van der Waals surface area contributed by atoms with Gasteiger partial charge >= 0.3 is 6.09 Å². The second-order valence-electron chi connectivity index (χ2n) is 9.26. The molecule has 0 saturated carbocycles. The molecule has 0 aliphatic carbocycles. The molecule has 6 rings (SSSR count). The molecule has 0 saturated heterocycles. The summed E-state index contributed by atoms with van der Waals surface area (Å²) in [5, 5.41) is 10.5. The monoisotopic (exact) mass is 560 g/mol. The first-order valence-corrected chi connectivity index (χ1v) is 12.9. The summed E-state index contributed by atoms with van der Waals surface area (Å²) in [6.45, 7) is 1.82. The van der Waals surface area contributed by atoms with Gasteiger partial charge in [-0.2, -0.15) is 0 Å². The van der Waals surface area contributed by atoms with Crippen LogP contribution in [0.1, 0.15) is 21.5 Å². The van der Waals surface area contributed by atoms with Crippen LogP contribution in [0.4, 0.5) is 14.9 Å². The van der Waals surface area contributed by atoms with Crippen molar-refractivity contribution in [3.63, 3.8) is 0 Å². The minimum absolute atomic E-state index is 0.0659. The summed E-state index contributed by atoms with van der Waals surface area (Å²) in [6.07, 6.45) is 2.38. The van der Waals surface area contributed by atoms with Gasteiger partial charge in [0.05, 0.1) is 58.5 Å². The summed E-state index contributed by atoms with van der Waals surface area (Å²) < 4.78 is 27.0. The van der Waals surface area contributed by atoms with Crippen molar-refractivity contribution in [3.8, 4) is 22.2 Å². The zero-order valence-electron chi connectivity index (χ0n) is 21.2. The second kappa shape index (κ2) is 9.68. The third-order valence-electron chi connectivity index (χ3n) is 6.54. The van der Waals surface area contributed by atoms with Gasteiger partial charge < -0.3 is 20.3 Å². The molecule has 1 atom stereocenters. The number of hydrogen-bond donors (Lipinski definition) is 2. The van der Waals surface area contributed by atoms with Crippen LogP contribution in [0.5, 0.6) is 11.6 Å². The van der Waals surface area contributed by atoms with E-state index < -0.39 is 23.9 Å². The van der Waals surface area contributed by atoms with Crippen LogP contribution in [0, 0.1) is 12.7 Å². The Bertz CT molecular complexity index is 1840. The molecule has 0 spiro atoms. The summed E-state index contributed by atoms with van der Waals surface area (Å²) in [4.78, 5) is 42.3. The van der Waals surface area contributed by atoms with Crippen LogP contribution in [0.25, 0.3) is 31.8 Å².